The molecule has 1 aromatic carbocycles. The van der Waals surface area contributed by atoms with E-state index in [1.54, 1.807) is 27.0 Å². The van der Waals surface area contributed by atoms with Crippen molar-refractivity contribution in [1.29, 1.82) is 0 Å². The van der Waals surface area contributed by atoms with Crippen LogP contribution in [0.4, 0.5) is 0 Å². The molecule has 17 heavy (non-hydrogen) atoms. The highest BCUT2D eigenvalue weighted by Crippen LogP contribution is 2.26. The molecule has 4 heteroatoms. The maximum absolute atomic E-state index is 11.7. The number of nitrogens with one attached hydrogen (secondary N) is 1. The third kappa shape index (κ3) is 4.58. The summed E-state index contributed by atoms with van der Waals surface area (Å²) in [5.41, 5.74) is 0.771. The molecule has 0 spiro atoms. The first-order valence-corrected chi connectivity index (χ1v) is 6.94. The van der Waals surface area contributed by atoms with Crippen LogP contribution in [0.15, 0.2) is 23.1 Å². The predicted octanol–water partition coefficient (Wildman–Crippen LogP) is 2.49. The summed E-state index contributed by atoms with van der Waals surface area (Å²) >= 11 is 0. The zero-order chi connectivity index (χ0) is 13.6. The van der Waals surface area contributed by atoms with Gasteiger partial charge in [0.1, 0.15) is 11.0 Å². The molecule has 0 aliphatic heterocycles. The summed E-state index contributed by atoms with van der Waals surface area (Å²) < 4.78 is 14.4. The van der Waals surface area contributed by atoms with Gasteiger partial charge in [0.2, 0.25) is 0 Å². The molecule has 0 aromatic heterocycles. The van der Waals surface area contributed by atoms with Crippen LogP contribution in [0.25, 0.3) is 0 Å². The lowest BCUT2D eigenvalue weighted by atomic mass is 9.97. The Morgan fingerprint density at radius 3 is 2.24 bits per heavy atom. The van der Waals surface area contributed by atoms with Crippen molar-refractivity contribution in [2.24, 2.45) is 0 Å². The highest BCUT2D eigenvalue weighted by Gasteiger charge is 2.22. The predicted molar refractivity (Wildman–Crippen MR) is 73.2 cm³/mol. The summed E-state index contributed by atoms with van der Waals surface area (Å²) in [7, 11) is 0.362. The summed E-state index contributed by atoms with van der Waals surface area (Å²) in [5, 5.41) is 9.98. The maximum atomic E-state index is 11.7. The number of aryl methyl sites for hydroxylation is 1. The van der Waals surface area contributed by atoms with E-state index in [4.69, 9.17) is 0 Å². The number of hydrogen-bond donors (Lipinski definition) is 2. The number of aliphatic hydroxyl groups is 1. The fraction of sp³-hybridized carbons (Fsp3) is 0.538. The third-order valence-corrected chi connectivity index (χ3v) is 3.31. The standard InChI is InChI=1S/C11H17NO2S.C2H6/c1-8-5-6-10(15(14)12-4)9(7-8)11(2,3)13;1-2/h5-7,12-13H,1-4H3;1-2H3. The van der Waals surface area contributed by atoms with Crippen LogP contribution in [0, 0.1) is 6.92 Å². The molecule has 0 radical (unpaired) electrons. The van der Waals surface area contributed by atoms with Gasteiger partial charge in [-0.05, 0) is 33.9 Å². The SMILES string of the molecule is CC.CNS(=O)c1ccc(C)cc1C(C)(C)O. The smallest absolute Gasteiger partial charge is 0.125 e. The van der Waals surface area contributed by atoms with Gasteiger partial charge in [0, 0.05) is 5.56 Å². The van der Waals surface area contributed by atoms with Crippen LogP contribution in [-0.2, 0) is 16.6 Å². The average molecular weight is 257 g/mol. The number of hydrogen-bond acceptors (Lipinski definition) is 2. The molecular weight excluding hydrogens is 234 g/mol. The van der Waals surface area contributed by atoms with E-state index >= 15 is 0 Å². The summed E-state index contributed by atoms with van der Waals surface area (Å²) in [6.45, 7) is 9.33. The molecule has 2 N–H and O–H groups in total. The molecule has 0 aliphatic rings. The largest absolute Gasteiger partial charge is 0.386 e. The van der Waals surface area contributed by atoms with Crippen LogP contribution in [0.2, 0.25) is 0 Å². The van der Waals surface area contributed by atoms with Crippen molar-refractivity contribution in [2.75, 3.05) is 7.05 Å². The first-order valence-electron chi connectivity index (χ1n) is 5.79. The number of benzene rings is 1. The Morgan fingerprint density at radius 2 is 1.82 bits per heavy atom. The van der Waals surface area contributed by atoms with Crippen LogP contribution in [0.1, 0.15) is 38.8 Å². The third-order valence-electron chi connectivity index (χ3n) is 2.18. The lowest BCUT2D eigenvalue weighted by Gasteiger charge is -2.21. The minimum Gasteiger partial charge on any atom is -0.386 e. The van der Waals surface area contributed by atoms with Crippen LogP contribution < -0.4 is 4.72 Å². The molecular formula is C13H23NO2S. The molecule has 1 unspecified atom stereocenters. The first-order chi connectivity index (χ1) is 7.86. The molecule has 0 saturated heterocycles. The fourth-order valence-corrected chi connectivity index (χ4v) is 2.31. The lowest BCUT2D eigenvalue weighted by Crippen LogP contribution is -2.21. The molecule has 3 nitrogen and oxygen atoms in total. The van der Waals surface area contributed by atoms with Gasteiger partial charge in [-0.1, -0.05) is 31.5 Å². The molecule has 1 rings (SSSR count). The zero-order valence-corrected chi connectivity index (χ0v) is 12.3. The lowest BCUT2D eigenvalue weighted by molar-refractivity contribution is 0.0755. The minimum absolute atomic E-state index is 0.635. The summed E-state index contributed by atoms with van der Waals surface area (Å²) in [4.78, 5) is 0.635. The minimum atomic E-state index is -1.27. The van der Waals surface area contributed by atoms with Gasteiger partial charge in [-0.15, -0.1) is 0 Å². The van der Waals surface area contributed by atoms with Crippen LogP contribution >= 0.6 is 0 Å². The van der Waals surface area contributed by atoms with Crippen molar-refractivity contribution in [3.63, 3.8) is 0 Å². The van der Waals surface area contributed by atoms with Crippen LogP contribution in [-0.4, -0.2) is 16.4 Å². The van der Waals surface area contributed by atoms with Crippen molar-refractivity contribution in [2.45, 2.75) is 45.1 Å². The molecule has 0 heterocycles. The van der Waals surface area contributed by atoms with Crippen molar-refractivity contribution in [3.05, 3.63) is 29.3 Å². The average Bonchev–Trinajstić information content (AvgIpc) is 2.29. The van der Waals surface area contributed by atoms with Gasteiger partial charge in [-0.3, -0.25) is 0 Å². The normalized spacial score (nSPS) is 12.6. The highest BCUT2D eigenvalue weighted by molar-refractivity contribution is 7.83. The quantitative estimate of drug-likeness (QED) is 0.874. The van der Waals surface area contributed by atoms with Gasteiger partial charge in [0.25, 0.3) is 0 Å². The zero-order valence-electron chi connectivity index (χ0n) is 11.5. The van der Waals surface area contributed by atoms with Crippen molar-refractivity contribution in [3.8, 4) is 0 Å². The van der Waals surface area contributed by atoms with E-state index in [0.717, 1.165) is 5.56 Å². The van der Waals surface area contributed by atoms with E-state index in [1.807, 2.05) is 32.9 Å². The van der Waals surface area contributed by atoms with E-state index in [2.05, 4.69) is 4.72 Å². The molecule has 0 fully saturated rings. The molecule has 0 saturated carbocycles. The van der Waals surface area contributed by atoms with Gasteiger partial charge in [-0.2, -0.15) is 0 Å². The Morgan fingerprint density at radius 1 is 1.29 bits per heavy atom. The topological polar surface area (TPSA) is 49.3 Å². The van der Waals surface area contributed by atoms with Gasteiger partial charge in [0.05, 0.1) is 10.5 Å². The Balaban J connectivity index is 0.00000121. The van der Waals surface area contributed by atoms with Crippen molar-refractivity contribution < 1.29 is 9.32 Å². The van der Waals surface area contributed by atoms with E-state index in [0.29, 0.717) is 10.5 Å². The Labute approximate surface area is 107 Å². The molecule has 0 aliphatic carbocycles. The van der Waals surface area contributed by atoms with E-state index < -0.39 is 16.6 Å². The maximum Gasteiger partial charge on any atom is 0.125 e. The van der Waals surface area contributed by atoms with E-state index in [-0.39, 0.29) is 0 Å². The van der Waals surface area contributed by atoms with E-state index in [9.17, 15) is 9.32 Å². The Hall–Kier alpha value is -0.710. The monoisotopic (exact) mass is 257 g/mol. The molecule has 1 aromatic rings. The van der Waals surface area contributed by atoms with Crippen LogP contribution in [0.5, 0.6) is 0 Å². The van der Waals surface area contributed by atoms with E-state index in [1.165, 1.54) is 0 Å². The number of rotatable bonds is 3. The summed E-state index contributed by atoms with van der Waals surface area (Å²) in [6.07, 6.45) is 0. The second-order valence-corrected chi connectivity index (χ2v) is 5.42. The Bertz CT molecular complexity index is 383. The second kappa shape index (κ2) is 6.89. The van der Waals surface area contributed by atoms with Gasteiger partial charge >= 0.3 is 0 Å². The highest BCUT2D eigenvalue weighted by atomic mass is 32.2. The first kappa shape index (κ1) is 16.3. The molecule has 1 atom stereocenters. The fourth-order valence-electron chi connectivity index (χ4n) is 1.39. The molecule has 0 bridgehead atoms. The van der Waals surface area contributed by atoms with Gasteiger partial charge in [-0.25, -0.2) is 8.93 Å². The van der Waals surface area contributed by atoms with Crippen molar-refractivity contribution in [1.82, 2.24) is 4.72 Å². The summed E-state index contributed by atoms with van der Waals surface area (Å²) in [6, 6.07) is 5.54. The van der Waals surface area contributed by atoms with Crippen molar-refractivity contribution >= 4 is 11.0 Å². The molecule has 0 amide bonds. The van der Waals surface area contributed by atoms with Crippen LogP contribution in [0.3, 0.4) is 0 Å². The van der Waals surface area contributed by atoms with Gasteiger partial charge < -0.3 is 5.11 Å². The van der Waals surface area contributed by atoms with Gasteiger partial charge in [0.15, 0.2) is 0 Å². The molecule has 98 valence electrons. The summed E-state index contributed by atoms with van der Waals surface area (Å²) in [5.74, 6) is 0. The second-order valence-electron chi connectivity index (χ2n) is 4.03. The Kier molecular flexibility index (Phi) is 6.60.